The van der Waals surface area contributed by atoms with Crippen molar-refractivity contribution in [3.8, 4) is 0 Å². The van der Waals surface area contributed by atoms with Gasteiger partial charge in [0, 0.05) is 37.6 Å². The Balaban J connectivity index is 1.60. The molecule has 1 saturated heterocycles. The van der Waals surface area contributed by atoms with Crippen LogP contribution < -0.4 is 15.8 Å². The van der Waals surface area contributed by atoms with Crippen molar-refractivity contribution in [2.45, 2.75) is 13.3 Å². The number of hydrogen-bond acceptors (Lipinski definition) is 6. The van der Waals surface area contributed by atoms with Crippen LogP contribution in [0.25, 0.3) is 0 Å². The van der Waals surface area contributed by atoms with E-state index in [0.29, 0.717) is 5.95 Å². The first-order chi connectivity index (χ1) is 11.2. The molecule has 0 atom stereocenters. The van der Waals surface area contributed by atoms with E-state index in [1.54, 1.807) is 0 Å². The molecule has 0 spiro atoms. The lowest BCUT2D eigenvalue weighted by Crippen LogP contribution is -2.46. The molecule has 0 bridgehead atoms. The smallest absolute Gasteiger partial charge is 0.271 e. The van der Waals surface area contributed by atoms with Crippen molar-refractivity contribution in [1.29, 1.82) is 0 Å². The molecule has 0 amide bonds. The van der Waals surface area contributed by atoms with Crippen LogP contribution in [0, 0.1) is 0 Å². The predicted octanol–water partition coefficient (Wildman–Crippen LogP) is 1.44. The van der Waals surface area contributed by atoms with Gasteiger partial charge in [-0.1, -0.05) is 6.92 Å². The summed E-state index contributed by atoms with van der Waals surface area (Å²) in [5.74, 6) is 0.346. The molecule has 7 heteroatoms. The summed E-state index contributed by atoms with van der Waals surface area (Å²) in [6.07, 6.45) is 2.36. The van der Waals surface area contributed by atoms with Gasteiger partial charge in [0.05, 0.1) is 0 Å². The highest BCUT2D eigenvalue weighted by Gasteiger charge is 2.16. The van der Waals surface area contributed by atoms with Gasteiger partial charge in [0.15, 0.2) is 0 Å². The Labute approximate surface area is 135 Å². The summed E-state index contributed by atoms with van der Waals surface area (Å²) in [7, 11) is 0. The molecule has 1 aliphatic heterocycles. The van der Waals surface area contributed by atoms with Crippen LogP contribution in [0.3, 0.4) is 0 Å². The third-order valence-electron chi connectivity index (χ3n) is 3.98. The molecule has 1 aliphatic rings. The number of aromatic amines is 1. The fourth-order valence-electron chi connectivity index (χ4n) is 2.81. The molecule has 0 saturated carbocycles. The van der Waals surface area contributed by atoms with Crippen LogP contribution in [0.1, 0.15) is 13.3 Å². The van der Waals surface area contributed by atoms with Gasteiger partial charge in [-0.15, -0.1) is 10.2 Å². The van der Waals surface area contributed by atoms with Gasteiger partial charge in [-0.25, -0.2) is 0 Å². The quantitative estimate of drug-likeness (QED) is 0.869. The van der Waals surface area contributed by atoms with E-state index in [-0.39, 0.29) is 5.56 Å². The molecule has 2 aromatic rings. The second-order valence-corrected chi connectivity index (χ2v) is 5.68. The van der Waals surface area contributed by atoms with E-state index < -0.39 is 0 Å². The Kier molecular flexibility index (Phi) is 4.87. The van der Waals surface area contributed by atoms with E-state index in [2.05, 4.69) is 49.4 Å². The molecule has 1 aromatic heterocycles. The van der Waals surface area contributed by atoms with Crippen LogP contribution in [0.15, 0.2) is 35.3 Å². The van der Waals surface area contributed by atoms with Crippen LogP contribution in [-0.2, 0) is 0 Å². The van der Waals surface area contributed by atoms with Crippen LogP contribution in [0.4, 0.5) is 17.3 Å². The fourth-order valence-corrected chi connectivity index (χ4v) is 2.81. The van der Waals surface area contributed by atoms with Crippen molar-refractivity contribution in [3.63, 3.8) is 0 Å². The van der Waals surface area contributed by atoms with Crippen molar-refractivity contribution in [2.24, 2.45) is 0 Å². The number of piperazine rings is 1. The second-order valence-electron chi connectivity index (χ2n) is 5.68. The number of H-pyrrole nitrogens is 1. The van der Waals surface area contributed by atoms with Gasteiger partial charge in [0.2, 0.25) is 5.95 Å². The molecular formula is C16H22N6O. The zero-order valence-corrected chi connectivity index (χ0v) is 13.3. The van der Waals surface area contributed by atoms with Crippen molar-refractivity contribution < 1.29 is 0 Å². The molecule has 1 aromatic carbocycles. The zero-order chi connectivity index (χ0) is 16.1. The number of rotatable bonds is 5. The summed E-state index contributed by atoms with van der Waals surface area (Å²) in [4.78, 5) is 18.7. The Hall–Kier alpha value is -2.41. The van der Waals surface area contributed by atoms with Gasteiger partial charge in [0.25, 0.3) is 5.56 Å². The number of aromatic nitrogens is 3. The summed E-state index contributed by atoms with van der Waals surface area (Å²) in [5.41, 5.74) is 1.82. The largest absolute Gasteiger partial charge is 0.369 e. The maximum absolute atomic E-state index is 11.2. The number of benzene rings is 1. The van der Waals surface area contributed by atoms with E-state index in [1.807, 2.05) is 12.1 Å². The van der Waals surface area contributed by atoms with Gasteiger partial charge in [0.1, 0.15) is 6.20 Å². The number of nitrogens with zero attached hydrogens (tertiary/aromatic N) is 4. The van der Waals surface area contributed by atoms with Gasteiger partial charge in [-0.2, -0.15) is 0 Å². The number of nitrogens with one attached hydrogen (secondary N) is 2. The lowest BCUT2D eigenvalue weighted by atomic mass is 10.2. The van der Waals surface area contributed by atoms with Gasteiger partial charge in [-0.3, -0.25) is 14.7 Å². The molecular weight excluding hydrogens is 292 g/mol. The average Bonchev–Trinajstić information content (AvgIpc) is 2.57. The van der Waals surface area contributed by atoms with Crippen LogP contribution in [0.2, 0.25) is 0 Å². The molecule has 122 valence electrons. The lowest BCUT2D eigenvalue weighted by molar-refractivity contribution is 0.258. The van der Waals surface area contributed by atoms with E-state index in [1.165, 1.54) is 18.7 Å². The molecule has 0 unspecified atom stereocenters. The van der Waals surface area contributed by atoms with Gasteiger partial charge >= 0.3 is 0 Å². The summed E-state index contributed by atoms with van der Waals surface area (Å²) in [5, 5.41) is 10.5. The maximum atomic E-state index is 11.2. The van der Waals surface area contributed by atoms with E-state index >= 15 is 0 Å². The van der Waals surface area contributed by atoms with Crippen LogP contribution >= 0.6 is 0 Å². The summed E-state index contributed by atoms with van der Waals surface area (Å²) < 4.78 is 0. The zero-order valence-electron chi connectivity index (χ0n) is 13.3. The molecule has 7 nitrogen and oxygen atoms in total. The van der Waals surface area contributed by atoms with E-state index in [4.69, 9.17) is 0 Å². The van der Waals surface area contributed by atoms with Gasteiger partial charge in [-0.05, 0) is 37.2 Å². The number of anilines is 3. The highest BCUT2D eigenvalue weighted by Crippen LogP contribution is 2.20. The van der Waals surface area contributed by atoms with E-state index in [9.17, 15) is 4.79 Å². The summed E-state index contributed by atoms with van der Waals surface area (Å²) in [6.45, 7) is 7.77. The Bertz CT molecular complexity index is 675. The Morgan fingerprint density at radius 1 is 1.17 bits per heavy atom. The van der Waals surface area contributed by atoms with Crippen molar-refractivity contribution >= 4 is 17.3 Å². The second kappa shape index (κ2) is 7.23. The molecule has 3 rings (SSSR count). The predicted molar refractivity (Wildman–Crippen MR) is 91.3 cm³/mol. The first kappa shape index (κ1) is 15.5. The van der Waals surface area contributed by atoms with Crippen molar-refractivity contribution in [3.05, 3.63) is 40.8 Å². The first-order valence-electron chi connectivity index (χ1n) is 8.01. The van der Waals surface area contributed by atoms with Crippen LogP contribution in [0.5, 0.6) is 0 Å². The molecule has 0 radical (unpaired) electrons. The summed E-state index contributed by atoms with van der Waals surface area (Å²) in [6, 6.07) is 8.15. The molecule has 2 N–H and O–H groups in total. The minimum Gasteiger partial charge on any atom is -0.369 e. The average molecular weight is 314 g/mol. The Morgan fingerprint density at radius 3 is 2.57 bits per heavy atom. The molecule has 1 fully saturated rings. The minimum absolute atomic E-state index is 0.274. The molecule has 0 aliphatic carbocycles. The highest BCUT2D eigenvalue weighted by atomic mass is 16.1. The minimum atomic E-state index is -0.274. The standard InChI is InChI=1S/C16H22N6O/c1-2-7-21-8-10-22(11-9-21)14-5-3-13(4-6-14)18-16-19-15(23)12-17-20-16/h3-6,12H,2,7-11H2,1H3,(H2,18,19,20,23). The molecule has 23 heavy (non-hydrogen) atoms. The van der Waals surface area contributed by atoms with Crippen molar-refractivity contribution in [2.75, 3.05) is 42.9 Å². The third kappa shape index (κ3) is 4.07. The number of hydrogen-bond donors (Lipinski definition) is 2. The monoisotopic (exact) mass is 314 g/mol. The van der Waals surface area contributed by atoms with Crippen LogP contribution in [-0.4, -0.2) is 52.8 Å². The SMILES string of the molecule is CCCN1CCN(c2ccc(Nc3nncc(=O)[nH]3)cc2)CC1. The normalized spacial score (nSPS) is 15.6. The highest BCUT2D eigenvalue weighted by molar-refractivity contribution is 5.59. The molecule has 2 heterocycles. The third-order valence-corrected chi connectivity index (χ3v) is 3.98. The summed E-state index contributed by atoms with van der Waals surface area (Å²) >= 11 is 0. The first-order valence-corrected chi connectivity index (χ1v) is 8.01. The topological polar surface area (TPSA) is 77.2 Å². The van der Waals surface area contributed by atoms with E-state index in [0.717, 1.165) is 38.1 Å². The lowest BCUT2D eigenvalue weighted by Gasteiger charge is -2.36. The maximum Gasteiger partial charge on any atom is 0.271 e. The van der Waals surface area contributed by atoms with Crippen molar-refractivity contribution in [1.82, 2.24) is 20.1 Å². The van der Waals surface area contributed by atoms with Gasteiger partial charge < -0.3 is 10.2 Å². The fraction of sp³-hybridized carbons (Fsp3) is 0.438. The Morgan fingerprint density at radius 2 is 1.91 bits per heavy atom.